The molecule has 2 unspecified atom stereocenters. The van der Waals surface area contributed by atoms with Gasteiger partial charge in [0, 0.05) is 37.3 Å². The highest BCUT2D eigenvalue weighted by Gasteiger charge is 2.31. The van der Waals surface area contributed by atoms with E-state index in [2.05, 4.69) is 4.90 Å². The van der Waals surface area contributed by atoms with Crippen LogP contribution in [0.15, 0.2) is 12.1 Å². The lowest BCUT2D eigenvalue weighted by Gasteiger charge is -2.40. The Morgan fingerprint density at radius 1 is 1.16 bits per heavy atom. The molecule has 2 atom stereocenters. The third-order valence-corrected chi connectivity index (χ3v) is 3.74. The first-order valence-electron chi connectivity index (χ1n) is 6.19. The Bertz CT molecular complexity index is 467. The van der Waals surface area contributed by atoms with Gasteiger partial charge in [-0.2, -0.15) is 0 Å². The van der Waals surface area contributed by atoms with Gasteiger partial charge in [0.2, 0.25) is 0 Å². The van der Waals surface area contributed by atoms with Gasteiger partial charge in [-0.15, -0.1) is 0 Å². The molecule has 1 aliphatic heterocycles. The first-order chi connectivity index (χ1) is 8.91. The Kier molecular flexibility index (Phi) is 4.13. The summed E-state index contributed by atoms with van der Waals surface area (Å²) in [4.78, 5) is 4.10. The van der Waals surface area contributed by atoms with Gasteiger partial charge in [0.1, 0.15) is 0 Å². The summed E-state index contributed by atoms with van der Waals surface area (Å²) in [5.74, 6) is -3.84. The van der Waals surface area contributed by atoms with Gasteiger partial charge in [-0.1, -0.05) is 6.07 Å². The van der Waals surface area contributed by atoms with Crippen LogP contribution in [0, 0.1) is 17.5 Å². The zero-order valence-electron chi connectivity index (χ0n) is 11.0. The minimum atomic E-state index is -1.46. The maximum absolute atomic E-state index is 13.8. The number of rotatable bonds is 2. The summed E-state index contributed by atoms with van der Waals surface area (Å²) < 4.78 is 40.0. The lowest BCUT2D eigenvalue weighted by atomic mass is 9.96. The molecular weight excluding hydrogens is 255 g/mol. The molecule has 6 heteroatoms. The second-order valence-corrected chi connectivity index (χ2v) is 5.10. The molecule has 0 aliphatic carbocycles. The van der Waals surface area contributed by atoms with Crippen molar-refractivity contribution in [3.63, 3.8) is 0 Å². The Labute approximate surface area is 110 Å². The van der Waals surface area contributed by atoms with Crippen LogP contribution in [0.1, 0.15) is 11.6 Å². The van der Waals surface area contributed by atoms with E-state index < -0.39 is 23.5 Å². The molecule has 1 saturated heterocycles. The zero-order valence-corrected chi connectivity index (χ0v) is 11.0. The molecule has 0 aromatic heterocycles. The van der Waals surface area contributed by atoms with Crippen LogP contribution in [0.3, 0.4) is 0 Å². The lowest BCUT2D eigenvalue weighted by Crippen LogP contribution is -2.54. The molecule has 19 heavy (non-hydrogen) atoms. The summed E-state index contributed by atoms with van der Waals surface area (Å²) in [6, 6.07) is 1.32. The van der Waals surface area contributed by atoms with E-state index in [1.807, 2.05) is 19.0 Å². The molecule has 2 rings (SSSR count). The molecule has 106 valence electrons. The molecule has 1 heterocycles. The van der Waals surface area contributed by atoms with Crippen molar-refractivity contribution < 1.29 is 13.2 Å². The predicted molar refractivity (Wildman–Crippen MR) is 67.2 cm³/mol. The van der Waals surface area contributed by atoms with E-state index in [-0.39, 0.29) is 11.6 Å². The summed E-state index contributed by atoms with van der Waals surface area (Å²) in [5, 5.41) is 0. The van der Waals surface area contributed by atoms with Crippen LogP contribution in [0.4, 0.5) is 13.2 Å². The molecule has 0 radical (unpaired) electrons. The topological polar surface area (TPSA) is 32.5 Å². The Morgan fingerprint density at radius 2 is 1.84 bits per heavy atom. The number of nitrogens with two attached hydrogens (primary N) is 1. The van der Waals surface area contributed by atoms with Crippen molar-refractivity contribution in [2.45, 2.75) is 12.1 Å². The fourth-order valence-electron chi connectivity index (χ4n) is 2.44. The van der Waals surface area contributed by atoms with Crippen molar-refractivity contribution in [1.82, 2.24) is 9.80 Å². The van der Waals surface area contributed by atoms with E-state index in [1.54, 1.807) is 0 Å². The van der Waals surface area contributed by atoms with Gasteiger partial charge in [0.15, 0.2) is 17.5 Å². The summed E-state index contributed by atoms with van der Waals surface area (Å²) in [7, 11) is 3.85. The van der Waals surface area contributed by atoms with Gasteiger partial charge < -0.3 is 10.6 Å². The van der Waals surface area contributed by atoms with E-state index in [0.29, 0.717) is 6.54 Å². The Hall–Kier alpha value is -1.11. The molecule has 0 amide bonds. The fraction of sp³-hybridized carbons (Fsp3) is 0.538. The van der Waals surface area contributed by atoms with Gasteiger partial charge in [0.05, 0.1) is 0 Å². The molecular formula is C13H18F3N3. The first kappa shape index (κ1) is 14.3. The van der Waals surface area contributed by atoms with Gasteiger partial charge in [-0.25, -0.2) is 13.2 Å². The van der Waals surface area contributed by atoms with Crippen molar-refractivity contribution >= 4 is 0 Å². The monoisotopic (exact) mass is 273 g/mol. The van der Waals surface area contributed by atoms with Gasteiger partial charge in [-0.3, -0.25) is 4.90 Å². The SMILES string of the molecule is CN1CCN(C)C(C(N)c2ccc(F)c(F)c2F)C1. The standard InChI is InChI=1S/C13H18F3N3/c1-18-5-6-19(2)10(7-18)13(17)8-3-4-9(14)12(16)11(8)15/h3-4,10,13H,5-7,17H2,1-2H3. The molecule has 1 aromatic carbocycles. The number of nitrogens with zero attached hydrogens (tertiary/aromatic N) is 2. The Balaban J connectivity index is 2.28. The van der Waals surface area contributed by atoms with Crippen LogP contribution < -0.4 is 5.73 Å². The largest absolute Gasteiger partial charge is 0.323 e. The van der Waals surface area contributed by atoms with Crippen LogP contribution in [0.25, 0.3) is 0 Å². The van der Waals surface area contributed by atoms with Crippen molar-refractivity contribution in [1.29, 1.82) is 0 Å². The van der Waals surface area contributed by atoms with E-state index >= 15 is 0 Å². The van der Waals surface area contributed by atoms with Gasteiger partial charge in [-0.05, 0) is 20.2 Å². The van der Waals surface area contributed by atoms with E-state index in [9.17, 15) is 13.2 Å². The van der Waals surface area contributed by atoms with E-state index in [4.69, 9.17) is 5.73 Å². The van der Waals surface area contributed by atoms with Gasteiger partial charge in [0.25, 0.3) is 0 Å². The van der Waals surface area contributed by atoms with Crippen molar-refractivity contribution in [3.8, 4) is 0 Å². The first-order valence-corrected chi connectivity index (χ1v) is 6.19. The number of benzene rings is 1. The summed E-state index contributed by atoms with van der Waals surface area (Å²) in [6.07, 6.45) is 0. The quantitative estimate of drug-likeness (QED) is 0.826. The second kappa shape index (κ2) is 5.48. The zero-order chi connectivity index (χ0) is 14.2. The third-order valence-electron chi connectivity index (χ3n) is 3.74. The van der Waals surface area contributed by atoms with Crippen molar-refractivity contribution in [3.05, 3.63) is 35.1 Å². The van der Waals surface area contributed by atoms with Crippen LogP contribution in [0.2, 0.25) is 0 Å². The highest BCUT2D eigenvalue weighted by molar-refractivity contribution is 5.25. The third kappa shape index (κ3) is 2.75. The maximum Gasteiger partial charge on any atom is 0.194 e. The molecule has 3 nitrogen and oxygen atoms in total. The second-order valence-electron chi connectivity index (χ2n) is 5.10. The van der Waals surface area contributed by atoms with Crippen LogP contribution in [-0.2, 0) is 0 Å². The molecule has 1 aromatic rings. The van der Waals surface area contributed by atoms with Gasteiger partial charge >= 0.3 is 0 Å². The summed E-state index contributed by atoms with van der Waals surface area (Å²) in [5.41, 5.74) is 6.06. The summed E-state index contributed by atoms with van der Waals surface area (Å²) >= 11 is 0. The number of piperazine rings is 1. The van der Waals surface area contributed by atoms with Crippen LogP contribution in [-0.4, -0.2) is 49.6 Å². The normalized spacial score (nSPS) is 23.6. The highest BCUT2D eigenvalue weighted by atomic mass is 19.2. The molecule has 2 N–H and O–H groups in total. The lowest BCUT2D eigenvalue weighted by molar-refractivity contribution is 0.0963. The smallest absolute Gasteiger partial charge is 0.194 e. The number of hydrogen-bond acceptors (Lipinski definition) is 3. The van der Waals surface area contributed by atoms with Crippen LogP contribution in [0.5, 0.6) is 0 Å². The number of likely N-dealkylation sites (N-methyl/N-ethyl adjacent to an activating group) is 2. The Morgan fingerprint density at radius 3 is 2.53 bits per heavy atom. The van der Waals surface area contributed by atoms with E-state index in [1.165, 1.54) is 6.07 Å². The average molecular weight is 273 g/mol. The molecule has 1 aliphatic rings. The van der Waals surface area contributed by atoms with E-state index in [0.717, 1.165) is 19.2 Å². The fourth-order valence-corrected chi connectivity index (χ4v) is 2.44. The maximum atomic E-state index is 13.8. The molecule has 0 bridgehead atoms. The highest BCUT2D eigenvalue weighted by Crippen LogP contribution is 2.25. The van der Waals surface area contributed by atoms with Crippen LogP contribution >= 0.6 is 0 Å². The average Bonchev–Trinajstić information content (AvgIpc) is 2.38. The predicted octanol–water partition coefficient (Wildman–Crippen LogP) is 1.35. The summed E-state index contributed by atoms with van der Waals surface area (Å²) in [6.45, 7) is 2.37. The molecule has 1 fully saturated rings. The molecule has 0 saturated carbocycles. The number of halogens is 3. The molecule has 0 spiro atoms. The van der Waals surface area contributed by atoms with Crippen molar-refractivity contribution in [2.24, 2.45) is 5.73 Å². The number of hydrogen-bond donors (Lipinski definition) is 1. The van der Waals surface area contributed by atoms with Crippen molar-refractivity contribution in [2.75, 3.05) is 33.7 Å². The minimum Gasteiger partial charge on any atom is -0.323 e. The minimum absolute atomic E-state index is 0.0195.